The molecule has 0 atom stereocenters. The minimum Gasteiger partial charge on any atom is -0.272 e. The van der Waals surface area contributed by atoms with Gasteiger partial charge in [-0.05, 0) is 18.4 Å². The highest BCUT2D eigenvalue weighted by Gasteiger charge is 2.13. The number of hydrogen-bond donors (Lipinski definition) is 0. The molecule has 98 valence electrons. The van der Waals surface area contributed by atoms with E-state index < -0.39 is 0 Å². The van der Waals surface area contributed by atoms with Gasteiger partial charge in [0.1, 0.15) is 5.82 Å². The molecule has 0 amide bonds. The van der Waals surface area contributed by atoms with Crippen molar-refractivity contribution in [2.45, 2.75) is 19.3 Å². The molecular formula is C15H17N3O. The average molecular weight is 255 g/mol. The van der Waals surface area contributed by atoms with Gasteiger partial charge in [-0.1, -0.05) is 30.3 Å². The van der Waals surface area contributed by atoms with Gasteiger partial charge in [-0.3, -0.25) is 4.84 Å². The van der Waals surface area contributed by atoms with Gasteiger partial charge in [0.05, 0.1) is 6.61 Å². The van der Waals surface area contributed by atoms with Crippen molar-refractivity contribution in [3.05, 3.63) is 54.0 Å². The Morgan fingerprint density at radius 1 is 1.11 bits per heavy atom. The predicted molar refractivity (Wildman–Crippen MR) is 73.8 cm³/mol. The van der Waals surface area contributed by atoms with Gasteiger partial charge in [-0.2, -0.15) is 0 Å². The third-order valence-electron chi connectivity index (χ3n) is 3.15. The number of rotatable bonds is 3. The van der Waals surface area contributed by atoms with Crippen molar-refractivity contribution < 1.29 is 4.84 Å². The van der Waals surface area contributed by atoms with Crippen LogP contribution in [0, 0.1) is 0 Å². The molecule has 3 rings (SSSR count). The second kappa shape index (κ2) is 5.80. The maximum absolute atomic E-state index is 5.61. The first-order valence-electron chi connectivity index (χ1n) is 6.68. The first-order chi connectivity index (χ1) is 9.42. The normalized spacial score (nSPS) is 15.5. The Bertz CT molecular complexity index is 524. The monoisotopic (exact) mass is 255 g/mol. The molecule has 0 spiro atoms. The van der Waals surface area contributed by atoms with Crippen molar-refractivity contribution in [3.63, 3.8) is 0 Å². The van der Waals surface area contributed by atoms with Crippen LogP contribution in [0.4, 0.5) is 5.82 Å². The zero-order valence-corrected chi connectivity index (χ0v) is 10.8. The van der Waals surface area contributed by atoms with Crippen LogP contribution in [-0.2, 0) is 11.3 Å². The zero-order chi connectivity index (χ0) is 12.9. The Balaban J connectivity index is 1.76. The van der Waals surface area contributed by atoms with E-state index >= 15 is 0 Å². The second-order valence-electron chi connectivity index (χ2n) is 4.64. The number of hydrogen-bond acceptors (Lipinski definition) is 4. The fraction of sp³-hybridized carbons (Fsp3) is 0.333. The molecule has 4 heteroatoms. The fourth-order valence-electron chi connectivity index (χ4n) is 2.17. The number of benzene rings is 1. The first kappa shape index (κ1) is 12.1. The summed E-state index contributed by atoms with van der Waals surface area (Å²) in [5.74, 6) is 1.69. The summed E-state index contributed by atoms with van der Waals surface area (Å²) in [5.41, 5.74) is 1.22. The van der Waals surface area contributed by atoms with E-state index in [9.17, 15) is 0 Å². The summed E-state index contributed by atoms with van der Waals surface area (Å²) in [4.78, 5) is 14.5. The van der Waals surface area contributed by atoms with Crippen LogP contribution in [0.25, 0.3) is 0 Å². The first-order valence-corrected chi connectivity index (χ1v) is 6.68. The van der Waals surface area contributed by atoms with Crippen LogP contribution in [-0.4, -0.2) is 23.1 Å². The highest BCUT2D eigenvalue weighted by molar-refractivity contribution is 5.35. The summed E-state index contributed by atoms with van der Waals surface area (Å²) in [6.07, 6.45) is 4.83. The third-order valence-corrected chi connectivity index (χ3v) is 3.15. The summed E-state index contributed by atoms with van der Waals surface area (Å²) in [5, 5.41) is 1.87. The van der Waals surface area contributed by atoms with Gasteiger partial charge in [-0.15, -0.1) is 0 Å². The Labute approximate surface area is 113 Å². The molecule has 0 N–H and O–H groups in total. The standard InChI is InChI=1S/C15H17N3O/c1-2-6-13(7-3-1)12-14-16-9-8-15(17-14)18-10-4-5-11-19-18/h1-3,6-9H,4-5,10-12H2. The molecule has 1 saturated heterocycles. The molecule has 4 nitrogen and oxygen atoms in total. The van der Waals surface area contributed by atoms with E-state index in [1.807, 2.05) is 29.3 Å². The molecule has 0 saturated carbocycles. The van der Waals surface area contributed by atoms with Crippen LogP contribution < -0.4 is 5.06 Å². The lowest BCUT2D eigenvalue weighted by molar-refractivity contribution is 0.0760. The van der Waals surface area contributed by atoms with Crippen LogP contribution in [0.2, 0.25) is 0 Å². The minimum atomic E-state index is 0.752. The van der Waals surface area contributed by atoms with E-state index in [1.165, 1.54) is 5.56 Å². The quantitative estimate of drug-likeness (QED) is 0.845. The van der Waals surface area contributed by atoms with Crippen molar-refractivity contribution in [1.82, 2.24) is 9.97 Å². The highest BCUT2D eigenvalue weighted by Crippen LogP contribution is 2.16. The van der Waals surface area contributed by atoms with Gasteiger partial charge in [-0.25, -0.2) is 15.0 Å². The van der Waals surface area contributed by atoms with Crippen molar-refractivity contribution >= 4 is 5.82 Å². The van der Waals surface area contributed by atoms with Gasteiger partial charge in [0.2, 0.25) is 0 Å². The van der Waals surface area contributed by atoms with E-state index in [-0.39, 0.29) is 0 Å². The number of anilines is 1. The summed E-state index contributed by atoms with van der Waals surface area (Å²) >= 11 is 0. The predicted octanol–water partition coefficient (Wildman–Crippen LogP) is 2.60. The van der Waals surface area contributed by atoms with Crippen LogP contribution >= 0.6 is 0 Å². The average Bonchev–Trinajstić information content (AvgIpc) is 2.49. The number of aromatic nitrogens is 2. The van der Waals surface area contributed by atoms with Crippen molar-refractivity contribution in [1.29, 1.82) is 0 Å². The smallest absolute Gasteiger partial charge is 0.156 e. The SMILES string of the molecule is c1ccc(Cc2nccc(N3CCCCO3)n2)cc1. The molecule has 1 aliphatic rings. The second-order valence-corrected chi connectivity index (χ2v) is 4.64. The van der Waals surface area contributed by atoms with E-state index in [0.717, 1.165) is 44.1 Å². The summed E-state index contributed by atoms with van der Waals surface area (Å²) < 4.78 is 0. The fourth-order valence-corrected chi connectivity index (χ4v) is 2.17. The molecule has 2 heterocycles. The van der Waals surface area contributed by atoms with Gasteiger partial charge < -0.3 is 0 Å². The third kappa shape index (κ3) is 3.09. The molecule has 1 aromatic carbocycles. The summed E-state index contributed by atoms with van der Waals surface area (Å²) in [7, 11) is 0. The van der Waals surface area contributed by atoms with Crippen LogP contribution in [0.15, 0.2) is 42.6 Å². The lowest BCUT2D eigenvalue weighted by Crippen LogP contribution is -2.30. The molecule has 0 bridgehead atoms. The maximum atomic E-state index is 5.61. The van der Waals surface area contributed by atoms with Gasteiger partial charge in [0.25, 0.3) is 0 Å². The van der Waals surface area contributed by atoms with Gasteiger partial charge in [0, 0.05) is 25.2 Å². The Kier molecular flexibility index (Phi) is 3.70. The van der Waals surface area contributed by atoms with E-state index in [4.69, 9.17) is 4.84 Å². The minimum absolute atomic E-state index is 0.752. The highest BCUT2D eigenvalue weighted by atomic mass is 16.7. The van der Waals surface area contributed by atoms with Gasteiger partial charge >= 0.3 is 0 Å². The van der Waals surface area contributed by atoms with Crippen molar-refractivity contribution in [3.8, 4) is 0 Å². The van der Waals surface area contributed by atoms with Crippen molar-refractivity contribution in [2.75, 3.05) is 18.2 Å². The van der Waals surface area contributed by atoms with Crippen LogP contribution in [0.5, 0.6) is 0 Å². The van der Waals surface area contributed by atoms with E-state index in [2.05, 4.69) is 22.1 Å². The zero-order valence-electron chi connectivity index (χ0n) is 10.8. The molecule has 19 heavy (non-hydrogen) atoms. The number of hydroxylamine groups is 1. The van der Waals surface area contributed by atoms with Crippen LogP contribution in [0.3, 0.4) is 0 Å². The molecule has 1 fully saturated rings. The maximum Gasteiger partial charge on any atom is 0.156 e. The van der Waals surface area contributed by atoms with E-state index in [0.29, 0.717) is 0 Å². The molecule has 0 radical (unpaired) electrons. The lowest BCUT2D eigenvalue weighted by atomic mass is 10.1. The summed E-state index contributed by atoms with van der Waals surface area (Å²) in [6.45, 7) is 1.68. The van der Waals surface area contributed by atoms with Crippen LogP contribution in [0.1, 0.15) is 24.2 Å². The molecule has 0 unspecified atom stereocenters. The molecule has 0 aliphatic carbocycles. The largest absolute Gasteiger partial charge is 0.272 e. The van der Waals surface area contributed by atoms with Crippen molar-refractivity contribution in [2.24, 2.45) is 0 Å². The lowest BCUT2D eigenvalue weighted by Gasteiger charge is -2.26. The topological polar surface area (TPSA) is 38.2 Å². The molecule has 1 aromatic heterocycles. The van der Waals surface area contributed by atoms with Gasteiger partial charge in [0.15, 0.2) is 5.82 Å². The van der Waals surface area contributed by atoms with E-state index in [1.54, 1.807) is 6.20 Å². The Morgan fingerprint density at radius 2 is 2.00 bits per heavy atom. The Hall–Kier alpha value is -1.94. The summed E-state index contributed by atoms with van der Waals surface area (Å²) in [6, 6.07) is 12.2. The molecular weight excluding hydrogens is 238 g/mol. The Morgan fingerprint density at radius 3 is 2.79 bits per heavy atom. The number of nitrogens with zero attached hydrogens (tertiary/aromatic N) is 3. The molecule has 1 aliphatic heterocycles. The molecule has 2 aromatic rings.